The van der Waals surface area contributed by atoms with E-state index in [1.165, 1.54) is 0 Å². The fourth-order valence-corrected chi connectivity index (χ4v) is 1.58. The second-order valence-corrected chi connectivity index (χ2v) is 3.68. The molecule has 2 heterocycles. The van der Waals surface area contributed by atoms with E-state index < -0.39 is 0 Å². The van der Waals surface area contributed by atoms with Gasteiger partial charge in [0.25, 0.3) is 0 Å². The number of amidine groups is 2. The molecule has 2 aromatic heterocycles. The van der Waals surface area contributed by atoms with Gasteiger partial charge in [0.1, 0.15) is 5.84 Å². The summed E-state index contributed by atoms with van der Waals surface area (Å²) in [6, 6.07) is 7.25. The van der Waals surface area contributed by atoms with Gasteiger partial charge in [-0.25, -0.2) is 9.76 Å². The van der Waals surface area contributed by atoms with Gasteiger partial charge in [-0.05, 0) is 33.7 Å². The van der Waals surface area contributed by atoms with Crippen molar-refractivity contribution >= 4 is 21.1 Å². The standard InChI is InChI=1S/C12H12N5P/c13-11(9-1-5-14-6-2-9)16-12(17-18)10-3-7-15-8-4-10/h1-8H,18H2,(H2,13,16,17). The van der Waals surface area contributed by atoms with Gasteiger partial charge < -0.3 is 5.73 Å². The minimum absolute atomic E-state index is 0.399. The van der Waals surface area contributed by atoms with E-state index in [-0.39, 0.29) is 0 Å². The first-order valence-electron chi connectivity index (χ1n) is 5.24. The zero-order valence-electron chi connectivity index (χ0n) is 9.56. The number of aromatic nitrogens is 2. The summed E-state index contributed by atoms with van der Waals surface area (Å²) in [4.78, 5) is 12.2. The quantitative estimate of drug-likeness (QED) is 0.502. The molecule has 2 rings (SSSR count). The molecule has 0 aromatic carbocycles. The van der Waals surface area contributed by atoms with Crippen LogP contribution in [0.15, 0.2) is 58.8 Å². The Bertz CT molecular complexity index is 566. The van der Waals surface area contributed by atoms with Gasteiger partial charge in [0, 0.05) is 35.9 Å². The monoisotopic (exact) mass is 257 g/mol. The molecule has 2 aromatic rings. The highest BCUT2D eigenvalue weighted by Gasteiger charge is 2.03. The van der Waals surface area contributed by atoms with Gasteiger partial charge in [0.05, 0.1) is 0 Å². The van der Waals surface area contributed by atoms with Crippen LogP contribution in [0.3, 0.4) is 0 Å². The summed E-state index contributed by atoms with van der Waals surface area (Å²) in [6.45, 7) is 0. The number of nitrogens with zero attached hydrogens (tertiary/aromatic N) is 4. The minimum Gasteiger partial charge on any atom is -0.383 e. The van der Waals surface area contributed by atoms with E-state index in [9.17, 15) is 0 Å². The van der Waals surface area contributed by atoms with E-state index in [4.69, 9.17) is 5.73 Å². The second-order valence-electron chi connectivity index (χ2n) is 3.42. The molecule has 0 aliphatic rings. The third-order valence-electron chi connectivity index (χ3n) is 2.26. The molecule has 0 bridgehead atoms. The van der Waals surface area contributed by atoms with Crippen molar-refractivity contribution < 1.29 is 0 Å². The number of aliphatic imine (C=N–C) groups is 1. The molecule has 5 nitrogen and oxygen atoms in total. The molecule has 1 unspecified atom stereocenters. The van der Waals surface area contributed by atoms with Crippen molar-refractivity contribution in [2.24, 2.45) is 15.5 Å². The molecule has 0 spiro atoms. The zero-order chi connectivity index (χ0) is 12.8. The number of hydrogen-bond donors (Lipinski definition) is 1. The van der Waals surface area contributed by atoms with Crippen LogP contribution >= 0.6 is 9.39 Å². The number of pyridine rings is 2. The maximum atomic E-state index is 5.93. The van der Waals surface area contributed by atoms with Crippen molar-refractivity contribution in [3.05, 3.63) is 60.2 Å². The highest BCUT2D eigenvalue weighted by molar-refractivity contribution is 7.15. The molecule has 18 heavy (non-hydrogen) atoms. The molecule has 0 aliphatic heterocycles. The highest BCUT2D eigenvalue weighted by atomic mass is 31.0. The van der Waals surface area contributed by atoms with Crippen molar-refractivity contribution in [3.63, 3.8) is 0 Å². The van der Waals surface area contributed by atoms with Crippen molar-refractivity contribution in [1.82, 2.24) is 9.97 Å². The Kier molecular flexibility index (Phi) is 4.10. The number of hydrogen-bond acceptors (Lipinski definition) is 3. The summed E-state index contributed by atoms with van der Waals surface area (Å²) in [5.41, 5.74) is 7.59. The van der Waals surface area contributed by atoms with Crippen LogP contribution in [0.2, 0.25) is 0 Å². The van der Waals surface area contributed by atoms with Gasteiger partial charge in [-0.3, -0.25) is 9.97 Å². The first-order valence-corrected chi connectivity index (χ1v) is 5.75. The van der Waals surface area contributed by atoms with Crippen LogP contribution in [0.25, 0.3) is 0 Å². The Morgan fingerprint density at radius 1 is 0.944 bits per heavy atom. The van der Waals surface area contributed by atoms with Crippen LogP contribution in [-0.4, -0.2) is 21.6 Å². The zero-order valence-corrected chi connectivity index (χ0v) is 10.7. The molecule has 0 aliphatic carbocycles. The lowest BCUT2D eigenvalue weighted by Crippen LogP contribution is -2.16. The summed E-state index contributed by atoms with van der Waals surface area (Å²) >= 11 is 0. The van der Waals surface area contributed by atoms with Crippen LogP contribution in [0, 0.1) is 0 Å². The third kappa shape index (κ3) is 2.96. The Morgan fingerprint density at radius 2 is 1.44 bits per heavy atom. The summed E-state index contributed by atoms with van der Waals surface area (Å²) in [7, 11) is 2.29. The van der Waals surface area contributed by atoms with E-state index in [1.54, 1.807) is 36.9 Å². The maximum Gasteiger partial charge on any atom is 0.160 e. The highest BCUT2D eigenvalue weighted by Crippen LogP contribution is 2.05. The predicted octanol–water partition coefficient (Wildman–Crippen LogP) is 1.42. The fraction of sp³-hybridized carbons (Fsp3) is 0. The molecular formula is C12H12N5P. The summed E-state index contributed by atoms with van der Waals surface area (Å²) in [5, 5.41) is 0. The Balaban J connectivity index is 2.32. The molecule has 0 saturated heterocycles. The first-order chi connectivity index (χ1) is 8.81. The Labute approximate surface area is 107 Å². The van der Waals surface area contributed by atoms with Crippen LogP contribution in [0.5, 0.6) is 0 Å². The van der Waals surface area contributed by atoms with E-state index in [2.05, 4.69) is 29.1 Å². The summed E-state index contributed by atoms with van der Waals surface area (Å²) < 4.78 is 4.05. The van der Waals surface area contributed by atoms with Crippen LogP contribution < -0.4 is 5.73 Å². The molecular weight excluding hydrogens is 245 g/mol. The molecule has 0 amide bonds. The molecule has 0 fully saturated rings. The smallest absolute Gasteiger partial charge is 0.160 e. The summed E-state index contributed by atoms with van der Waals surface area (Å²) in [5.74, 6) is 0.937. The normalized spacial score (nSPS) is 12.5. The average molecular weight is 257 g/mol. The van der Waals surface area contributed by atoms with Gasteiger partial charge in [0.2, 0.25) is 0 Å². The van der Waals surface area contributed by atoms with Gasteiger partial charge in [-0.15, -0.1) is 0 Å². The lowest BCUT2D eigenvalue weighted by atomic mass is 10.2. The number of rotatable bonds is 2. The average Bonchev–Trinajstić information content (AvgIpc) is 2.46. The fourth-order valence-electron chi connectivity index (χ4n) is 1.37. The molecule has 1 atom stereocenters. The van der Waals surface area contributed by atoms with Crippen molar-refractivity contribution in [2.75, 3.05) is 0 Å². The first kappa shape index (κ1) is 12.3. The number of nitrogens with two attached hydrogens (primary N) is 1. The summed E-state index contributed by atoms with van der Waals surface area (Å²) in [6.07, 6.45) is 6.70. The van der Waals surface area contributed by atoms with E-state index in [1.807, 2.05) is 12.1 Å². The minimum atomic E-state index is 0.399. The topological polar surface area (TPSA) is 76.5 Å². The SMILES string of the molecule is NC(=N/C(=N\P)c1ccncc1)c1ccncc1. The lowest BCUT2D eigenvalue weighted by molar-refractivity contribution is 1.31. The van der Waals surface area contributed by atoms with E-state index in [0.717, 1.165) is 11.1 Å². The Hall–Kier alpha value is -2.13. The van der Waals surface area contributed by atoms with E-state index in [0.29, 0.717) is 11.7 Å². The van der Waals surface area contributed by atoms with Crippen molar-refractivity contribution in [2.45, 2.75) is 0 Å². The molecule has 0 radical (unpaired) electrons. The van der Waals surface area contributed by atoms with Gasteiger partial charge in [-0.1, -0.05) is 0 Å². The largest absolute Gasteiger partial charge is 0.383 e. The Morgan fingerprint density at radius 3 is 1.94 bits per heavy atom. The second kappa shape index (κ2) is 5.98. The predicted molar refractivity (Wildman–Crippen MR) is 75.4 cm³/mol. The van der Waals surface area contributed by atoms with Gasteiger partial charge in [0.15, 0.2) is 5.84 Å². The van der Waals surface area contributed by atoms with Crippen molar-refractivity contribution in [1.29, 1.82) is 0 Å². The van der Waals surface area contributed by atoms with Crippen LogP contribution in [0.1, 0.15) is 11.1 Å². The lowest BCUT2D eigenvalue weighted by Gasteiger charge is -2.03. The van der Waals surface area contributed by atoms with Gasteiger partial charge in [-0.2, -0.15) is 0 Å². The van der Waals surface area contributed by atoms with Gasteiger partial charge >= 0.3 is 0 Å². The molecule has 0 saturated carbocycles. The van der Waals surface area contributed by atoms with E-state index >= 15 is 0 Å². The maximum absolute atomic E-state index is 5.93. The van der Waals surface area contributed by atoms with Crippen LogP contribution in [-0.2, 0) is 0 Å². The third-order valence-corrected chi connectivity index (χ3v) is 2.51. The molecule has 90 valence electrons. The van der Waals surface area contributed by atoms with Crippen molar-refractivity contribution in [3.8, 4) is 0 Å². The molecule has 6 heteroatoms. The van der Waals surface area contributed by atoms with Crippen LogP contribution in [0.4, 0.5) is 0 Å². The molecule has 2 N–H and O–H groups in total.